The summed E-state index contributed by atoms with van der Waals surface area (Å²) in [5.41, 5.74) is 10.9. The number of H-pyrrole nitrogens is 1. The van der Waals surface area contributed by atoms with E-state index in [0.717, 1.165) is 10.9 Å². The van der Waals surface area contributed by atoms with Crippen molar-refractivity contribution in [3.63, 3.8) is 0 Å². The highest BCUT2D eigenvalue weighted by Gasteiger charge is 2.21. The predicted octanol–water partition coefficient (Wildman–Crippen LogP) is 4.34. The number of nitriles is 1. The number of aromatic nitrogens is 3. The summed E-state index contributed by atoms with van der Waals surface area (Å²) < 4.78 is 0. The molecule has 2 aromatic heterocycles. The average Bonchev–Trinajstić information content (AvgIpc) is 3.19. The van der Waals surface area contributed by atoms with Gasteiger partial charge in [-0.25, -0.2) is 0 Å². The summed E-state index contributed by atoms with van der Waals surface area (Å²) in [7, 11) is 0. The Bertz CT molecular complexity index is 1160. The molecule has 4 N–H and O–H groups in total. The van der Waals surface area contributed by atoms with Crippen LogP contribution >= 0.6 is 11.6 Å². The number of nitrogens with one attached hydrogen (secondary N) is 2. The molecule has 4 rings (SSSR count). The number of hydrogen-bond donors (Lipinski definition) is 3. The maximum Gasteiger partial charge on any atom is 0.102 e. The molecule has 7 heteroatoms. The molecule has 0 saturated carbocycles. The van der Waals surface area contributed by atoms with E-state index in [9.17, 15) is 5.26 Å². The molecule has 0 unspecified atom stereocenters. The van der Waals surface area contributed by atoms with E-state index >= 15 is 0 Å². The first-order chi connectivity index (χ1) is 13.2. The van der Waals surface area contributed by atoms with E-state index in [1.807, 2.05) is 30.3 Å². The molecular formula is C20H15ClN6. The van der Waals surface area contributed by atoms with Crippen molar-refractivity contribution in [3.05, 3.63) is 71.1 Å². The van der Waals surface area contributed by atoms with Crippen LogP contribution in [0.4, 0.5) is 11.4 Å². The van der Waals surface area contributed by atoms with Gasteiger partial charge in [-0.1, -0.05) is 35.9 Å². The zero-order chi connectivity index (χ0) is 18.8. The Hall–Kier alpha value is -3.56. The molecule has 0 aliphatic carbocycles. The number of hydrogen-bond acceptors (Lipinski definition) is 5. The van der Waals surface area contributed by atoms with Gasteiger partial charge < -0.3 is 11.1 Å². The fourth-order valence-corrected chi connectivity index (χ4v) is 3.36. The van der Waals surface area contributed by atoms with Crippen molar-refractivity contribution >= 4 is 33.9 Å². The molecule has 0 aliphatic rings. The summed E-state index contributed by atoms with van der Waals surface area (Å²) in [4.78, 5) is 4.12. The molecule has 0 aliphatic heterocycles. The SMILES string of the molecule is N#Cc1c(-c2ccccc2Cl)c(N)c2cn[nH]c2c1NCc1cccnc1. The van der Waals surface area contributed by atoms with Crippen LogP contribution in [-0.4, -0.2) is 15.2 Å². The maximum atomic E-state index is 9.93. The number of halogens is 1. The summed E-state index contributed by atoms with van der Waals surface area (Å²) in [6, 6.07) is 13.4. The maximum absolute atomic E-state index is 9.93. The molecule has 0 bridgehead atoms. The third-order valence-corrected chi connectivity index (χ3v) is 4.73. The zero-order valence-corrected chi connectivity index (χ0v) is 15.0. The van der Waals surface area contributed by atoms with Gasteiger partial charge in [0.1, 0.15) is 6.07 Å². The number of nitrogens with two attached hydrogens (primary N) is 1. The monoisotopic (exact) mass is 374 g/mol. The van der Waals surface area contributed by atoms with E-state index in [2.05, 4.69) is 26.6 Å². The van der Waals surface area contributed by atoms with E-state index in [1.54, 1.807) is 24.7 Å². The zero-order valence-electron chi connectivity index (χ0n) is 14.2. The largest absolute Gasteiger partial charge is 0.398 e. The Morgan fingerprint density at radius 1 is 1.19 bits per heavy atom. The molecule has 27 heavy (non-hydrogen) atoms. The van der Waals surface area contributed by atoms with Crippen molar-refractivity contribution in [1.29, 1.82) is 5.26 Å². The lowest BCUT2D eigenvalue weighted by molar-refractivity contribution is 1.09. The van der Waals surface area contributed by atoms with Crippen molar-refractivity contribution in [2.45, 2.75) is 6.54 Å². The van der Waals surface area contributed by atoms with Gasteiger partial charge in [0, 0.05) is 40.5 Å². The van der Waals surface area contributed by atoms with Crippen LogP contribution in [0.3, 0.4) is 0 Å². The molecule has 6 nitrogen and oxygen atoms in total. The third-order valence-electron chi connectivity index (χ3n) is 4.40. The standard InChI is InChI=1S/C20H15ClN6/c21-16-6-2-1-5-13(16)17-14(8-22)19(20-15(18(17)23)11-26-27-20)25-10-12-4-3-7-24-9-12/h1-7,9,11,25H,10,23H2,(H,26,27). The Labute approximate surface area is 160 Å². The number of pyridine rings is 1. The molecule has 0 fully saturated rings. The van der Waals surface area contributed by atoms with Crippen molar-refractivity contribution in [3.8, 4) is 17.2 Å². The summed E-state index contributed by atoms with van der Waals surface area (Å²) in [6.07, 6.45) is 5.15. The summed E-state index contributed by atoms with van der Waals surface area (Å²) >= 11 is 6.39. The number of rotatable bonds is 4. The van der Waals surface area contributed by atoms with Gasteiger partial charge in [0.05, 0.1) is 28.7 Å². The van der Waals surface area contributed by atoms with Gasteiger partial charge >= 0.3 is 0 Å². The van der Waals surface area contributed by atoms with Crippen LogP contribution in [0.25, 0.3) is 22.0 Å². The van der Waals surface area contributed by atoms with Gasteiger partial charge in [-0.3, -0.25) is 10.1 Å². The minimum absolute atomic E-state index is 0.418. The summed E-state index contributed by atoms with van der Waals surface area (Å²) in [5, 5.41) is 21.6. The molecule has 4 aromatic rings. The van der Waals surface area contributed by atoms with Crippen molar-refractivity contribution in [2.24, 2.45) is 0 Å². The van der Waals surface area contributed by atoms with Crippen molar-refractivity contribution < 1.29 is 0 Å². The number of nitrogens with zero attached hydrogens (tertiary/aromatic N) is 3. The normalized spacial score (nSPS) is 10.7. The topological polar surface area (TPSA) is 103 Å². The first kappa shape index (κ1) is 16.9. The second-order valence-electron chi connectivity index (χ2n) is 6.00. The van der Waals surface area contributed by atoms with Crippen LogP contribution in [0, 0.1) is 11.3 Å². The number of nitrogen functional groups attached to an aromatic ring is 1. The average molecular weight is 375 g/mol. The van der Waals surface area contributed by atoms with Gasteiger partial charge in [0.25, 0.3) is 0 Å². The number of benzene rings is 2. The Morgan fingerprint density at radius 3 is 2.78 bits per heavy atom. The molecule has 2 heterocycles. The van der Waals surface area contributed by atoms with Gasteiger partial charge in [-0.05, 0) is 17.7 Å². The van der Waals surface area contributed by atoms with Crippen LogP contribution in [0.5, 0.6) is 0 Å². The first-order valence-electron chi connectivity index (χ1n) is 8.27. The molecule has 0 radical (unpaired) electrons. The molecule has 0 saturated heterocycles. The lowest BCUT2D eigenvalue weighted by Gasteiger charge is -2.17. The van der Waals surface area contributed by atoms with Crippen molar-refractivity contribution in [2.75, 3.05) is 11.1 Å². The van der Waals surface area contributed by atoms with Crippen LogP contribution in [0.1, 0.15) is 11.1 Å². The Balaban J connectivity index is 1.93. The smallest absolute Gasteiger partial charge is 0.102 e. The minimum atomic E-state index is 0.418. The molecule has 0 atom stereocenters. The van der Waals surface area contributed by atoms with Crippen LogP contribution < -0.4 is 11.1 Å². The predicted molar refractivity (Wildman–Crippen MR) is 107 cm³/mol. The van der Waals surface area contributed by atoms with Gasteiger partial charge in [-0.2, -0.15) is 10.4 Å². The highest BCUT2D eigenvalue weighted by molar-refractivity contribution is 6.34. The lowest BCUT2D eigenvalue weighted by atomic mass is 9.94. The molecule has 132 valence electrons. The number of anilines is 2. The molecule has 0 spiro atoms. The van der Waals surface area contributed by atoms with Crippen LogP contribution in [-0.2, 0) is 6.54 Å². The van der Waals surface area contributed by atoms with Gasteiger partial charge in [0.15, 0.2) is 0 Å². The summed E-state index contributed by atoms with van der Waals surface area (Å²) in [6.45, 7) is 0.502. The van der Waals surface area contributed by atoms with Gasteiger partial charge in [0.2, 0.25) is 0 Å². The van der Waals surface area contributed by atoms with Crippen LogP contribution in [0.2, 0.25) is 5.02 Å². The Morgan fingerprint density at radius 2 is 2.04 bits per heavy atom. The number of fused-ring (bicyclic) bond motifs is 1. The Kier molecular flexibility index (Phi) is 4.37. The van der Waals surface area contributed by atoms with Crippen LogP contribution in [0.15, 0.2) is 55.0 Å². The highest BCUT2D eigenvalue weighted by atomic mass is 35.5. The van der Waals surface area contributed by atoms with E-state index in [-0.39, 0.29) is 0 Å². The fourth-order valence-electron chi connectivity index (χ4n) is 3.13. The molecular weight excluding hydrogens is 360 g/mol. The van der Waals surface area contributed by atoms with E-state index in [0.29, 0.717) is 45.1 Å². The third kappa shape index (κ3) is 2.94. The second kappa shape index (κ2) is 6.98. The van der Waals surface area contributed by atoms with E-state index < -0.39 is 0 Å². The lowest BCUT2D eigenvalue weighted by Crippen LogP contribution is -2.06. The van der Waals surface area contributed by atoms with E-state index in [1.165, 1.54) is 0 Å². The fraction of sp³-hybridized carbons (Fsp3) is 0.0500. The first-order valence-corrected chi connectivity index (χ1v) is 8.64. The molecule has 2 aromatic carbocycles. The van der Waals surface area contributed by atoms with E-state index in [4.69, 9.17) is 17.3 Å². The quantitative estimate of drug-likeness (QED) is 0.461. The van der Waals surface area contributed by atoms with Gasteiger partial charge in [-0.15, -0.1) is 0 Å². The highest BCUT2D eigenvalue weighted by Crippen LogP contribution is 2.43. The summed E-state index contributed by atoms with van der Waals surface area (Å²) in [5.74, 6) is 0. The minimum Gasteiger partial charge on any atom is -0.398 e. The number of aromatic amines is 1. The second-order valence-corrected chi connectivity index (χ2v) is 6.41. The molecule has 0 amide bonds. The van der Waals surface area contributed by atoms with Crippen molar-refractivity contribution in [1.82, 2.24) is 15.2 Å².